The lowest BCUT2D eigenvalue weighted by Crippen LogP contribution is -2.37. The summed E-state index contributed by atoms with van der Waals surface area (Å²) in [5.41, 5.74) is 1.87. The number of aromatic nitrogens is 1. The van der Waals surface area contributed by atoms with Gasteiger partial charge in [-0.3, -0.25) is 14.5 Å². The molecule has 2 aromatic rings. The molecular formula is C19H21N3O2S. The minimum Gasteiger partial charge on any atom is -0.342 e. The van der Waals surface area contributed by atoms with Gasteiger partial charge < -0.3 is 4.90 Å². The Labute approximate surface area is 151 Å². The van der Waals surface area contributed by atoms with Crippen molar-refractivity contribution in [2.45, 2.75) is 13.3 Å². The van der Waals surface area contributed by atoms with E-state index in [9.17, 15) is 9.59 Å². The van der Waals surface area contributed by atoms with Gasteiger partial charge in [-0.05, 0) is 6.92 Å². The van der Waals surface area contributed by atoms with E-state index in [-0.39, 0.29) is 24.2 Å². The van der Waals surface area contributed by atoms with E-state index in [1.807, 2.05) is 42.6 Å². The first-order valence-electron chi connectivity index (χ1n) is 8.35. The maximum atomic E-state index is 13.0. The van der Waals surface area contributed by atoms with Crippen molar-refractivity contribution in [2.24, 2.45) is 5.92 Å². The average molecular weight is 355 g/mol. The predicted octanol–water partition coefficient (Wildman–Crippen LogP) is 3.20. The zero-order chi connectivity index (χ0) is 17.8. The smallest absolute Gasteiger partial charge is 0.234 e. The number of thiazole rings is 1. The Hall–Kier alpha value is -2.47. The highest BCUT2D eigenvalue weighted by Crippen LogP contribution is 2.30. The first-order valence-corrected chi connectivity index (χ1v) is 9.23. The van der Waals surface area contributed by atoms with Crippen LogP contribution in [0.1, 0.15) is 13.3 Å². The van der Waals surface area contributed by atoms with Gasteiger partial charge in [0.25, 0.3) is 0 Å². The van der Waals surface area contributed by atoms with Crippen LogP contribution in [-0.2, 0) is 9.59 Å². The Bertz CT molecular complexity index is 772. The maximum absolute atomic E-state index is 13.0. The van der Waals surface area contributed by atoms with Gasteiger partial charge in [0.15, 0.2) is 5.13 Å². The quantitative estimate of drug-likeness (QED) is 0.748. The second kappa shape index (κ2) is 7.61. The monoisotopic (exact) mass is 355 g/mol. The summed E-state index contributed by atoms with van der Waals surface area (Å²) in [5, 5.41) is 2.60. The van der Waals surface area contributed by atoms with Crippen molar-refractivity contribution in [1.29, 1.82) is 0 Å². The summed E-state index contributed by atoms with van der Waals surface area (Å²) in [6, 6.07) is 9.87. The number of amides is 2. The van der Waals surface area contributed by atoms with E-state index in [2.05, 4.69) is 11.6 Å². The highest BCUT2D eigenvalue weighted by atomic mass is 32.1. The SMILES string of the molecule is C=CCN(C(=O)C1CC(=O)N(CC)C1)c1nc(-c2ccccc2)cs1. The van der Waals surface area contributed by atoms with Crippen molar-refractivity contribution in [1.82, 2.24) is 9.88 Å². The molecule has 0 saturated carbocycles. The molecule has 2 heterocycles. The van der Waals surface area contributed by atoms with E-state index < -0.39 is 0 Å². The van der Waals surface area contributed by atoms with Gasteiger partial charge in [-0.2, -0.15) is 0 Å². The van der Waals surface area contributed by atoms with Gasteiger partial charge in [-0.15, -0.1) is 17.9 Å². The van der Waals surface area contributed by atoms with Crippen LogP contribution in [0.2, 0.25) is 0 Å². The number of anilines is 1. The number of carbonyl (C=O) groups is 2. The molecule has 1 unspecified atom stereocenters. The summed E-state index contributed by atoms with van der Waals surface area (Å²) in [6.45, 7) is 7.19. The van der Waals surface area contributed by atoms with Crippen molar-refractivity contribution >= 4 is 28.3 Å². The van der Waals surface area contributed by atoms with E-state index in [1.54, 1.807) is 15.9 Å². The summed E-state index contributed by atoms with van der Waals surface area (Å²) in [5.74, 6) is -0.321. The van der Waals surface area contributed by atoms with Gasteiger partial charge in [0, 0.05) is 37.0 Å². The lowest BCUT2D eigenvalue weighted by Gasteiger charge is -2.21. The number of rotatable bonds is 6. The summed E-state index contributed by atoms with van der Waals surface area (Å²) in [4.78, 5) is 32.9. The third-order valence-electron chi connectivity index (χ3n) is 4.32. The number of hydrogen-bond acceptors (Lipinski definition) is 4. The van der Waals surface area contributed by atoms with Crippen molar-refractivity contribution in [3.63, 3.8) is 0 Å². The minimum absolute atomic E-state index is 0.0449. The molecule has 0 bridgehead atoms. The zero-order valence-electron chi connectivity index (χ0n) is 14.2. The molecule has 1 fully saturated rings. The van der Waals surface area contributed by atoms with Gasteiger partial charge in [0.05, 0.1) is 11.6 Å². The summed E-state index contributed by atoms with van der Waals surface area (Å²) >= 11 is 1.43. The first kappa shape index (κ1) is 17.4. The highest BCUT2D eigenvalue weighted by molar-refractivity contribution is 7.14. The Morgan fingerprint density at radius 3 is 2.84 bits per heavy atom. The van der Waals surface area contributed by atoms with E-state index in [0.29, 0.717) is 24.8 Å². The van der Waals surface area contributed by atoms with E-state index in [1.165, 1.54) is 11.3 Å². The van der Waals surface area contributed by atoms with E-state index >= 15 is 0 Å². The van der Waals surface area contributed by atoms with Crippen molar-refractivity contribution < 1.29 is 9.59 Å². The van der Waals surface area contributed by atoms with Crippen LogP contribution in [0.3, 0.4) is 0 Å². The van der Waals surface area contributed by atoms with Gasteiger partial charge in [0.1, 0.15) is 0 Å². The molecule has 0 radical (unpaired) electrons. The van der Waals surface area contributed by atoms with Crippen LogP contribution in [0.15, 0.2) is 48.4 Å². The van der Waals surface area contributed by atoms with Crippen LogP contribution in [0.4, 0.5) is 5.13 Å². The lowest BCUT2D eigenvalue weighted by atomic mass is 10.1. The average Bonchev–Trinajstić information content (AvgIpc) is 3.26. The molecule has 1 aromatic carbocycles. The normalized spacial score (nSPS) is 16.9. The number of carbonyl (C=O) groups excluding carboxylic acids is 2. The largest absolute Gasteiger partial charge is 0.342 e. The number of likely N-dealkylation sites (tertiary alicyclic amines) is 1. The van der Waals surface area contributed by atoms with Crippen LogP contribution >= 0.6 is 11.3 Å². The van der Waals surface area contributed by atoms with Gasteiger partial charge >= 0.3 is 0 Å². The zero-order valence-corrected chi connectivity index (χ0v) is 15.0. The lowest BCUT2D eigenvalue weighted by molar-refractivity contribution is -0.128. The molecule has 1 aromatic heterocycles. The molecule has 130 valence electrons. The Balaban J connectivity index is 1.82. The number of benzene rings is 1. The number of nitrogens with zero attached hydrogens (tertiary/aromatic N) is 3. The van der Waals surface area contributed by atoms with Crippen LogP contribution < -0.4 is 4.90 Å². The Morgan fingerprint density at radius 2 is 2.20 bits per heavy atom. The Morgan fingerprint density at radius 1 is 1.44 bits per heavy atom. The van der Waals surface area contributed by atoms with Gasteiger partial charge in [-0.1, -0.05) is 36.4 Å². The first-order chi connectivity index (χ1) is 12.1. The third-order valence-corrected chi connectivity index (χ3v) is 5.18. The van der Waals surface area contributed by atoms with Gasteiger partial charge in [0.2, 0.25) is 11.8 Å². The molecule has 6 heteroatoms. The third kappa shape index (κ3) is 3.64. The Kier molecular flexibility index (Phi) is 5.28. The highest BCUT2D eigenvalue weighted by Gasteiger charge is 2.36. The summed E-state index contributed by atoms with van der Waals surface area (Å²) < 4.78 is 0. The fraction of sp³-hybridized carbons (Fsp3) is 0.316. The number of hydrogen-bond donors (Lipinski definition) is 0. The minimum atomic E-state index is -0.309. The van der Waals surface area contributed by atoms with Gasteiger partial charge in [-0.25, -0.2) is 4.98 Å². The fourth-order valence-electron chi connectivity index (χ4n) is 2.98. The molecule has 0 N–H and O–H groups in total. The molecule has 2 amide bonds. The predicted molar refractivity (Wildman–Crippen MR) is 100 cm³/mol. The molecule has 1 saturated heterocycles. The molecule has 1 aliphatic rings. The maximum Gasteiger partial charge on any atom is 0.234 e. The second-order valence-corrected chi connectivity index (χ2v) is 6.79. The van der Waals surface area contributed by atoms with Crippen LogP contribution in [0.5, 0.6) is 0 Å². The molecule has 1 atom stereocenters. The molecule has 1 aliphatic heterocycles. The fourth-order valence-corrected chi connectivity index (χ4v) is 3.83. The topological polar surface area (TPSA) is 53.5 Å². The standard InChI is InChI=1S/C19H21N3O2S/c1-3-10-22(18(24)15-11-17(23)21(4-2)12-15)19-20-16(13-25-19)14-8-6-5-7-9-14/h3,5-9,13,15H,1,4,10-12H2,2H3. The molecular weight excluding hydrogens is 334 g/mol. The van der Waals surface area contributed by atoms with Crippen molar-refractivity contribution in [3.05, 3.63) is 48.4 Å². The molecule has 5 nitrogen and oxygen atoms in total. The molecule has 0 aliphatic carbocycles. The molecule has 25 heavy (non-hydrogen) atoms. The summed E-state index contributed by atoms with van der Waals surface area (Å²) in [6.07, 6.45) is 1.97. The van der Waals surface area contributed by atoms with E-state index in [0.717, 1.165) is 11.3 Å². The summed E-state index contributed by atoms with van der Waals surface area (Å²) in [7, 11) is 0. The van der Waals surface area contributed by atoms with Crippen LogP contribution in [0, 0.1) is 5.92 Å². The van der Waals surface area contributed by atoms with Crippen LogP contribution in [-0.4, -0.2) is 41.3 Å². The van der Waals surface area contributed by atoms with Crippen molar-refractivity contribution in [3.8, 4) is 11.3 Å². The second-order valence-electron chi connectivity index (χ2n) is 5.95. The van der Waals surface area contributed by atoms with Crippen molar-refractivity contribution in [2.75, 3.05) is 24.5 Å². The van der Waals surface area contributed by atoms with Crippen LogP contribution in [0.25, 0.3) is 11.3 Å². The molecule has 3 rings (SSSR count). The van der Waals surface area contributed by atoms with E-state index in [4.69, 9.17) is 0 Å². The molecule has 0 spiro atoms.